The second-order valence-electron chi connectivity index (χ2n) is 8.04. The Labute approximate surface area is 207 Å². The standard InChI is InChI=1S/C26H17Br2ClN2O/c27-19-12-21-24-14-23(17-9-8-15-4-1-2-5-16(15)10-17)30-31(24)26(32-25(21)22(28)13-19)18-6-3-7-20(29)11-18/h1-13,24,26H,14H2/t24-,26+/m1/s1. The second kappa shape index (κ2) is 7.91. The van der Waals surface area contributed by atoms with Gasteiger partial charge < -0.3 is 4.74 Å². The summed E-state index contributed by atoms with van der Waals surface area (Å²) < 4.78 is 8.45. The number of benzene rings is 4. The van der Waals surface area contributed by atoms with E-state index in [1.165, 1.54) is 10.8 Å². The molecule has 0 saturated carbocycles. The van der Waals surface area contributed by atoms with E-state index in [0.29, 0.717) is 5.02 Å². The van der Waals surface area contributed by atoms with Crippen molar-refractivity contribution < 1.29 is 4.74 Å². The molecule has 0 aliphatic carbocycles. The SMILES string of the molecule is Clc1cccc([C@@H]2Oc3c(Br)cc(Br)cc3[C@H]3CC(c4ccc5ccccc5c4)=NN32)c1. The maximum atomic E-state index is 6.52. The molecule has 2 aliphatic rings. The van der Waals surface area contributed by atoms with Gasteiger partial charge in [0.1, 0.15) is 5.75 Å². The van der Waals surface area contributed by atoms with Crippen LogP contribution in [0.3, 0.4) is 0 Å². The number of fused-ring (bicyclic) bond motifs is 4. The van der Waals surface area contributed by atoms with Crippen LogP contribution >= 0.6 is 43.5 Å². The Kier molecular flexibility index (Phi) is 5.01. The Morgan fingerprint density at radius 3 is 2.59 bits per heavy atom. The fraction of sp³-hybridized carbons (Fsp3) is 0.115. The second-order valence-corrected chi connectivity index (χ2v) is 10.2. The van der Waals surface area contributed by atoms with E-state index in [0.717, 1.165) is 43.5 Å². The smallest absolute Gasteiger partial charge is 0.213 e. The molecule has 6 rings (SSSR count). The lowest BCUT2D eigenvalue weighted by Gasteiger charge is -2.38. The van der Waals surface area contributed by atoms with E-state index in [1.54, 1.807) is 0 Å². The molecule has 2 atom stereocenters. The van der Waals surface area contributed by atoms with Gasteiger partial charge in [0.25, 0.3) is 0 Å². The fourth-order valence-corrected chi connectivity index (χ4v) is 6.09. The van der Waals surface area contributed by atoms with E-state index in [4.69, 9.17) is 21.4 Å². The zero-order chi connectivity index (χ0) is 21.8. The average Bonchev–Trinajstić information content (AvgIpc) is 3.24. The maximum Gasteiger partial charge on any atom is 0.213 e. The van der Waals surface area contributed by atoms with Crippen LogP contribution < -0.4 is 4.74 Å². The summed E-state index contributed by atoms with van der Waals surface area (Å²) in [4.78, 5) is 0. The van der Waals surface area contributed by atoms with Crippen molar-refractivity contribution in [3.63, 3.8) is 0 Å². The van der Waals surface area contributed by atoms with Gasteiger partial charge in [-0.25, -0.2) is 5.01 Å². The summed E-state index contributed by atoms with van der Waals surface area (Å²) in [6.07, 6.45) is 0.441. The van der Waals surface area contributed by atoms with Gasteiger partial charge in [0.2, 0.25) is 6.23 Å². The van der Waals surface area contributed by atoms with Crippen LogP contribution in [0.4, 0.5) is 0 Å². The van der Waals surface area contributed by atoms with Crippen molar-refractivity contribution in [1.29, 1.82) is 0 Å². The molecule has 0 bridgehead atoms. The number of ether oxygens (including phenoxy) is 1. The minimum atomic E-state index is -0.360. The first-order chi connectivity index (χ1) is 15.6. The molecule has 6 heteroatoms. The lowest BCUT2D eigenvalue weighted by Crippen LogP contribution is -2.33. The molecule has 0 N–H and O–H groups in total. The first-order valence-electron chi connectivity index (χ1n) is 10.3. The van der Waals surface area contributed by atoms with E-state index in [9.17, 15) is 0 Å². The molecular formula is C26H17Br2ClN2O. The Morgan fingerprint density at radius 1 is 0.906 bits per heavy atom. The van der Waals surface area contributed by atoms with E-state index in [2.05, 4.69) is 85.4 Å². The normalized spacial score (nSPS) is 19.3. The summed E-state index contributed by atoms with van der Waals surface area (Å²) in [6.45, 7) is 0. The van der Waals surface area contributed by atoms with Gasteiger partial charge in [0.05, 0.1) is 16.2 Å². The lowest BCUT2D eigenvalue weighted by molar-refractivity contribution is -0.0197. The van der Waals surface area contributed by atoms with Gasteiger partial charge >= 0.3 is 0 Å². The van der Waals surface area contributed by atoms with Crippen LogP contribution in [0.5, 0.6) is 5.75 Å². The Morgan fingerprint density at radius 2 is 1.75 bits per heavy atom. The topological polar surface area (TPSA) is 24.8 Å². The van der Waals surface area contributed by atoms with Crippen LogP contribution in [-0.2, 0) is 0 Å². The molecule has 0 fully saturated rings. The largest absolute Gasteiger partial charge is 0.463 e. The van der Waals surface area contributed by atoms with Crippen LogP contribution in [0.2, 0.25) is 5.02 Å². The summed E-state index contributed by atoms with van der Waals surface area (Å²) in [5.74, 6) is 0.856. The summed E-state index contributed by atoms with van der Waals surface area (Å²) in [6, 6.07) is 27.0. The number of rotatable bonds is 2. The van der Waals surface area contributed by atoms with Crippen molar-refractivity contribution >= 4 is 59.9 Å². The maximum absolute atomic E-state index is 6.52. The van der Waals surface area contributed by atoms with E-state index < -0.39 is 0 Å². The molecule has 0 unspecified atom stereocenters. The average molecular weight is 569 g/mol. The summed E-state index contributed by atoms with van der Waals surface area (Å²) in [7, 11) is 0. The number of halogens is 3. The summed E-state index contributed by atoms with van der Waals surface area (Å²) in [5, 5.41) is 10.3. The molecule has 0 spiro atoms. The van der Waals surface area contributed by atoms with Crippen LogP contribution in [0, 0.1) is 0 Å². The first-order valence-corrected chi connectivity index (χ1v) is 12.3. The van der Waals surface area contributed by atoms with Gasteiger partial charge in [0.15, 0.2) is 0 Å². The Balaban J connectivity index is 1.48. The van der Waals surface area contributed by atoms with Crippen molar-refractivity contribution in [2.24, 2.45) is 5.10 Å². The van der Waals surface area contributed by atoms with E-state index >= 15 is 0 Å². The highest BCUT2D eigenvalue weighted by Gasteiger charge is 2.42. The number of hydrogen-bond acceptors (Lipinski definition) is 3. The zero-order valence-corrected chi connectivity index (χ0v) is 20.7. The van der Waals surface area contributed by atoms with Gasteiger partial charge in [-0.15, -0.1) is 0 Å². The van der Waals surface area contributed by atoms with Crippen LogP contribution in [0.25, 0.3) is 10.8 Å². The quantitative estimate of drug-likeness (QED) is 0.243. The fourth-order valence-electron chi connectivity index (χ4n) is 4.54. The molecular weight excluding hydrogens is 552 g/mol. The van der Waals surface area contributed by atoms with Crippen molar-refractivity contribution in [3.8, 4) is 5.75 Å². The molecule has 0 saturated heterocycles. The summed E-state index contributed by atoms with van der Waals surface area (Å²) in [5.41, 5.74) is 4.29. The molecule has 158 valence electrons. The Bertz CT molecular complexity index is 1400. The highest BCUT2D eigenvalue weighted by atomic mass is 79.9. The molecule has 3 nitrogen and oxygen atoms in total. The molecule has 0 radical (unpaired) electrons. The minimum Gasteiger partial charge on any atom is -0.463 e. The molecule has 4 aromatic rings. The predicted molar refractivity (Wildman–Crippen MR) is 136 cm³/mol. The minimum absolute atomic E-state index is 0.0676. The van der Waals surface area contributed by atoms with Crippen molar-refractivity contribution in [2.75, 3.05) is 0 Å². The molecule has 2 aliphatic heterocycles. The van der Waals surface area contributed by atoms with Crippen LogP contribution in [0.15, 0.2) is 92.9 Å². The number of hydrazone groups is 1. The zero-order valence-electron chi connectivity index (χ0n) is 16.8. The van der Waals surface area contributed by atoms with Crippen molar-refractivity contribution in [3.05, 3.63) is 110 Å². The first kappa shape index (κ1) is 20.3. The molecule has 4 aromatic carbocycles. The van der Waals surface area contributed by atoms with Crippen molar-refractivity contribution in [2.45, 2.75) is 18.7 Å². The van der Waals surface area contributed by atoms with Gasteiger partial charge in [0, 0.05) is 27.0 Å². The highest BCUT2D eigenvalue weighted by Crippen LogP contribution is 2.51. The van der Waals surface area contributed by atoms with Gasteiger partial charge in [-0.3, -0.25) is 0 Å². The molecule has 0 aromatic heterocycles. The molecule has 32 heavy (non-hydrogen) atoms. The van der Waals surface area contributed by atoms with E-state index in [-0.39, 0.29) is 12.3 Å². The highest BCUT2D eigenvalue weighted by molar-refractivity contribution is 9.11. The third kappa shape index (κ3) is 3.43. The monoisotopic (exact) mass is 566 g/mol. The van der Waals surface area contributed by atoms with Gasteiger partial charge in [-0.05, 0) is 62.6 Å². The number of hydrogen-bond donors (Lipinski definition) is 0. The third-order valence-electron chi connectivity index (χ3n) is 6.02. The van der Waals surface area contributed by atoms with Crippen LogP contribution in [-0.4, -0.2) is 10.7 Å². The predicted octanol–water partition coefficient (Wildman–Crippen LogP) is 8.26. The molecule has 2 heterocycles. The van der Waals surface area contributed by atoms with Gasteiger partial charge in [-0.2, -0.15) is 5.10 Å². The van der Waals surface area contributed by atoms with Gasteiger partial charge in [-0.1, -0.05) is 76.1 Å². The lowest BCUT2D eigenvalue weighted by atomic mass is 9.95. The Hall–Kier alpha value is -2.34. The molecule has 0 amide bonds. The number of nitrogens with zero attached hydrogens (tertiary/aromatic N) is 2. The summed E-state index contributed by atoms with van der Waals surface area (Å²) >= 11 is 13.6. The van der Waals surface area contributed by atoms with Crippen LogP contribution in [0.1, 0.15) is 35.4 Å². The third-order valence-corrected chi connectivity index (χ3v) is 7.31. The van der Waals surface area contributed by atoms with E-state index in [1.807, 2.05) is 30.3 Å². The van der Waals surface area contributed by atoms with Crippen molar-refractivity contribution in [1.82, 2.24) is 5.01 Å².